The third kappa shape index (κ3) is 3.91. The molecule has 154 valence electrons. The maximum absolute atomic E-state index is 12.4. The van der Waals surface area contributed by atoms with Crippen molar-refractivity contribution in [2.75, 3.05) is 40.0 Å². The van der Waals surface area contributed by atoms with Crippen molar-refractivity contribution in [2.24, 2.45) is 9.98 Å². The van der Waals surface area contributed by atoms with Crippen LogP contribution in [0.2, 0.25) is 0 Å². The highest BCUT2D eigenvalue weighted by Gasteiger charge is 2.46. The molecule has 7 nitrogen and oxygen atoms in total. The second-order valence-electron chi connectivity index (χ2n) is 7.21. The first-order valence-electron chi connectivity index (χ1n) is 10.3. The van der Waals surface area contributed by atoms with Gasteiger partial charge in [-0.3, -0.25) is 9.89 Å². The summed E-state index contributed by atoms with van der Waals surface area (Å²) in [6.45, 7) is 8.61. The van der Waals surface area contributed by atoms with Crippen LogP contribution in [-0.4, -0.2) is 68.7 Å². The summed E-state index contributed by atoms with van der Waals surface area (Å²) in [6, 6.07) is 0. The Labute approximate surface area is 167 Å². The summed E-state index contributed by atoms with van der Waals surface area (Å²) in [5, 5.41) is 0. The molecule has 0 spiro atoms. The average molecular weight is 389 g/mol. The molecule has 7 heteroatoms. The molecule has 0 bridgehead atoms. The summed E-state index contributed by atoms with van der Waals surface area (Å²) in [4.78, 5) is 24.1. The second kappa shape index (κ2) is 9.01. The van der Waals surface area contributed by atoms with Gasteiger partial charge in [-0.05, 0) is 51.3 Å². The number of carbonyl (C=O) groups is 1. The molecule has 0 fully saturated rings. The maximum atomic E-state index is 12.4. The van der Waals surface area contributed by atoms with E-state index in [0.29, 0.717) is 13.2 Å². The predicted octanol–water partition coefficient (Wildman–Crippen LogP) is 3.51. The van der Waals surface area contributed by atoms with E-state index in [2.05, 4.69) is 18.7 Å². The van der Waals surface area contributed by atoms with Crippen molar-refractivity contribution in [1.29, 1.82) is 0 Å². The van der Waals surface area contributed by atoms with E-state index in [-0.39, 0.29) is 6.61 Å². The maximum Gasteiger partial charge on any atom is 0.510 e. The van der Waals surface area contributed by atoms with Gasteiger partial charge in [0.2, 0.25) is 5.72 Å². The third-order valence-corrected chi connectivity index (χ3v) is 5.56. The average Bonchev–Trinajstić information content (AvgIpc) is 3.07. The number of ether oxygens (including phenoxy) is 3. The molecule has 0 N–H and O–H groups in total. The number of hydrogen-bond donors (Lipinski definition) is 0. The molecule has 1 aliphatic carbocycles. The number of rotatable bonds is 8. The van der Waals surface area contributed by atoms with Crippen LogP contribution in [0.5, 0.6) is 0 Å². The molecule has 0 radical (unpaired) electrons. The molecule has 28 heavy (non-hydrogen) atoms. The fourth-order valence-electron chi connectivity index (χ4n) is 4.13. The number of nitrogens with zero attached hydrogens (tertiary/aromatic N) is 3. The second-order valence-corrected chi connectivity index (χ2v) is 7.21. The minimum atomic E-state index is -1.16. The normalized spacial score (nSPS) is 23.7. The van der Waals surface area contributed by atoms with Crippen LogP contribution in [0.25, 0.3) is 0 Å². The van der Waals surface area contributed by atoms with Gasteiger partial charge < -0.3 is 14.2 Å². The van der Waals surface area contributed by atoms with Crippen molar-refractivity contribution in [2.45, 2.75) is 52.2 Å². The van der Waals surface area contributed by atoms with E-state index < -0.39 is 11.9 Å². The molecule has 0 aromatic heterocycles. The third-order valence-electron chi connectivity index (χ3n) is 5.56. The smallest absolute Gasteiger partial charge is 0.435 e. The van der Waals surface area contributed by atoms with Crippen molar-refractivity contribution in [3.05, 3.63) is 22.4 Å². The van der Waals surface area contributed by atoms with E-state index in [1.165, 1.54) is 5.57 Å². The Bertz CT molecular complexity index is 734. The minimum Gasteiger partial charge on any atom is -0.435 e. The van der Waals surface area contributed by atoms with Crippen molar-refractivity contribution in [1.82, 2.24) is 4.90 Å². The number of fused-ring (bicyclic) bond motifs is 2. The summed E-state index contributed by atoms with van der Waals surface area (Å²) in [5.74, 6) is 0. The number of allylic oxidation sites excluding steroid dienone is 3. The fourth-order valence-corrected chi connectivity index (χ4v) is 4.13. The van der Waals surface area contributed by atoms with E-state index in [0.717, 1.165) is 61.3 Å². The van der Waals surface area contributed by atoms with Gasteiger partial charge in [-0.25, -0.2) is 9.79 Å². The molecular formula is C21H31N3O4. The Morgan fingerprint density at radius 2 is 1.96 bits per heavy atom. The van der Waals surface area contributed by atoms with Gasteiger partial charge in [-0.2, -0.15) is 0 Å². The Kier molecular flexibility index (Phi) is 6.67. The molecule has 0 saturated heterocycles. The van der Waals surface area contributed by atoms with Gasteiger partial charge >= 0.3 is 6.16 Å². The van der Waals surface area contributed by atoms with Crippen LogP contribution in [0, 0.1) is 0 Å². The topological polar surface area (TPSA) is 72.7 Å². The summed E-state index contributed by atoms with van der Waals surface area (Å²) in [7, 11) is 1.65. The lowest BCUT2D eigenvalue weighted by Gasteiger charge is -2.38. The first-order valence-corrected chi connectivity index (χ1v) is 10.3. The Morgan fingerprint density at radius 1 is 1.21 bits per heavy atom. The first-order chi connectivity index (χ1) is 13.6. The minimum absolute atomic E-state index is 0.252. The standard InChI is InChI=1S/C21H31N3O4/c1-5-24(6-2)14-21(28-20(25)27-7-3)16(13-26-4)19-15-10-8-9-11-17(15)23-18(19)12-22-21/h12H,5-11,13-14H2,1-4H3. The van der Waals surface area contributed by atoms with Gasteiger partial charge in [0.05, 0.1) is 31.7 Å². The molecule has 0 saturated carbocycles. The van der Waals surface area contributed by atoms with E-state index in [4.69, 9.17) is 24.2 Å². The molecule has 1 unspecified atom stereocenters. The highest BCUT2D eigenvalue weighted by molar-refractivity contribution is 6.42. The Hall–Kier alpha value is -1.99. The molecule has 0 amide bonds. The summed E-state index contributed by atoms with van der Waals surface area (Å²) in [6.07, 6.45) is 5.32. The van der Waals surface area contributed by atoms with Gasteiger partial charge in [0.1, 0.15) is 0 Å². The first kappa shape index (κ1) is 20.7. The van der Waals surface area contributed by atoms with Crippen molar-refractivity contribution >= 4 is 18.1 Å². The van der Waals surface area contributed by atoms with E-state index in [1.807, 2.05) is 0 Å². The predicted molar refractivity (Wildman–Crippen MR) is 109 cm³/mol. The number of likely N-dealkylation sites (N-methyl/N-ethyl adjacent to an activating group) is 1. The lowest BCUT2D eigenvalue weighted by atomic mass is 9.84. The lowest BCUT2D eigenvalue weighted by Crippen LogP contribution is -2.50. The zero-order valence-corrected chi connectivity index (χ0v) is 17.4. The van der Waals surface area contributed by atoms with Crippen LogP contribution in [-0.2, 0) is 14.2 Å². The molecule has 2 aliphatic heterocycles. The molecular weight excluding hydrogens is 358 g/mol. The molecule has 3 rings (SSSR count). The number of carbonyl (C=O) groups excluding carboxylic acids is 1. The molecule has 1 atom stereocenters. The molecule has 2 heterocycles. The van der Waals surface area contributed by atoms with Crippen LogP contribution in [0.1, 0.15) is 46.5 Å². The summed E-state index contributed by atoms with van der Waals surface area (Å²) < 4.78 is 16.5. The monoisotopic (exact) mass is 389 g/mol. The molecule has 3 aliphatic rings. The highest BCUT2D eigenvalue weighted by atomic mass is 16.7. The number of aliphatic imine (C=N–C) groups is 2. The van der Waals surface area contributed by atoms with Gasteiger partial charge in [0.15, 0.2) is 0 Å². The molecule has 0 aromatic rings. The Balaban J connectivity index is 2.10. The summed E-state index contributed by atoms with van der Waals surface area (Å²) >= 11 is 0. The zero-order chi connectivity index (χ0) is 20.1. The van der Waals surface area contributed by atoms with Gasteiger partial charge in [0, 0.05) is 24.0 Å². The molecule has 0 aromatic carbocycles. The number of hydrogen-bond acceptors (Lipinski definition) is 7. The van der Waals surface area contributed by atoms with Crippen LogP contribution in [0.15, 0.2) is 32.4 Å². The largest absolute Gasteiger partial charge is 0.510 e. The number of dihydropyridines is 1. The zero-order valence-electron chi connectivity index (χ0n) is 17.4. The Morgan fingerprint density at radius 3 is 2.64 bits per heavy atom. The van der Waals surface area contributed by atoms with Gasteiger partial charge in [-0.1, -0.05) is 13.8 Å². The van der Waals surface area contributed by atoms with E-state index in [9.17, 15) is 4.79 Å². The summed E-state index contributed by atoms with van der Waals surface area (Å²) in [5.41, 5.74) is 4.03. The number of methoxy groups -OCH3 is 1. The van der Waals surface area contributed by atoms with Gasteiger partial charge in [0.25, 0.3) is 0 Å². The van der Waals surface area contributed by atoms with Crippen LogP contribution >= 0.6 is 0 Å². The van der Waals surface area contributed by atoms with Gasteiger partial charge in [-0.15, -0.1) is 0 Å². The fraction of sp³-hybridized carbons (Fsp3) is 0.667. The van der Waals surface area contributed by atoms with Crippen LogP contribution < -0.4 is 0 Å². The lowest BCUT2D eigenvalue weighted by molar-refractivity contribution is -0.0311. The van der Waals surface area contributed by atoms with Crippen molar-refractivity contribution in [3.8, 4) is 0 Å². The highest BCUT2D eigenvalue weighted by Crippen LogP contribution is 2.43. The van der Waals surface area contributed by atoms with Crippen LogP contribution in [0.4, 0.5) is 4.79 Å². The van der Waals surface area contributed by atoms with Crippen molar-refractivity contribution < 1.29 is 19.0 Å². The van der Waals surface area contributed by atoms with E-state index >= 15 is 0 Å². The SMILES string of the molecule is CCOC(=O)OC1(CN(CC)CC)N=CC2=NC3=C(CCCC3)C2=C1COC. The van der Waals surface area contributed by atoms with Crippen molar-refractivity contribution in [3.63, 3.8) is 0 Å². The van der Waals surface area contributed by atoms with E-state index in [1.54, 1.807) is 20.2 Å². The quantitative estimate of drug-likeness (QED) is 0.594. The van der Waals surface area contributed by atoms with Crippen LogP contribution in [0.3, 0.4) is 0 Å².